The van der Waals surface area contributed by atoms with Gasteiger partial charge in [0.2, 0.25) is 0 Å². The molecule has 2 aliphatic rings. The van der Waals surface area contributed by atoms with Crippen molar-refractivity contribution in [2.75, 3.05) is 12.8 Å². The van der Waals surface area contributed by atoms with Crippen molar-refractivity contribution in [1.29, 1.82) is 0 Å². The van der Waals surface area contributed by atoms with Crippen LogP contribution in [0.3, 0.4) is 0 Å². The lowest BCUT2D eigenvalue weighted by atomic mass is 10.0. The molecule has 3 heterocycles. The lowest BCUT2D eigenvalue weighted by Gasteiger charge is -2.23. The summed E-state index contributed by atoms with van der Waals surface area (Å²) in [5.41, 5.74) is 9.10. The molecule has 2 N–H and O–H groups in total. The van der Waals surface area contributed by atoms with Gasteiger partial charge in [-0.3, -0.25) is 4.79 Å². The first kappa shape index (κ1) is 18.5. The van der Waals surface area contributed by atoms with E-state index in [1.165, 1.54) is 18.2 Å². The second kappa shape index (κ2) is 6.79. The minimum Gasteiger partial charge on any atom is -0.482 e. The smallest absolute Gasteiger partial charge is 0.254 e. The number of aromatic nitrogens is 4. The second-order valence-corrected chi connectivity index (χ2v) is 7.82. The molecular formula is C21H21FN6O2. The summed E-state index contributed by atoms with van der Waals surface area (Å²) < 4.78 is 21.9. The first-order valence-electron chi connectivity index (χ1n) is 9.84. The summed E-state index contributed by atoms with van der Waals surface area (Å²) in [4.78, 5) is 19.1. The molecule has 1 aliphatic heterocycles. The van der Waals surface area contributed by atoms with Crippen molar-refractivity contribution in [3.63, 3.8) is 0 Å². The van der Waals surface area contributed by atoms with Crippen LogP contribution in [0.2, 0.25) is 0 Å². The zero-order valence-electron chi connectivity index (χ0n) is 16.7. The fraction of sp³-hybridized carbons (Fsp3) is 0.333. The van der Waals surface area contributed by atoms with Crippen molar-refractivity contribution >= 4 is 11.7 Å². The third-order valence-electron chi connectivity index (χ3n) is 5.53. The Morgan fingerprint density at radius 3 is 2.83 bits per heavy atom. The fourth-order valence-corrected chi connectivity index (χ4v) is 3.81. The van der Waals surface area contributed by atoms with Crippen LogP contribution in [0.1, 0.15) is 53.5 Å². The summed E-state index contributed by atoms with van der Waals surface area (Å²) in [7, 11) is 1.69. The molecule has 8 nitrogen and oxygen atoms in total. The average molecular weight is 408 g/mol. The number of pyridine rings is 1. The molecule has 1 amide bonds. The molecule has 1 atom stereocenters. The zero-order valence-corrected chi connectivity index (χ0v) is 16.7. The van der Waals surface area contributed by atoms with Gasteiger partial charge in [-0.1, -0.05) is 5.21 Å². The monoisotopic (exact) mass is 408 g/mol. The van der Waals surface area contributed by atoms with Crippen LogP contribution in [0, 0.1) is 5.82 Å². The Labute approximate surface area is 172 Å². The van der Waals surface area contributed by atoms with Gasteiger partial charge in [0.05, 0.1) is 18.3 Å². The Morgan fingerprint density at radius 1 is 1.27 bits per heavy atom. The molecule has 154 valence electrons. The van der Waals surface area contributed by atoms with E-state index in [4.69, 9.17) is 10.5 Å². The van der Waals surface area contributed by atoms with Gasteiger partial charge in [0, 0.05) is 29.9 Å². The van der Waals surface area contributed by atoms with Gasteiger partial charge in [0.15, 0.2) is 11.6 Å². The van der Waals surface area contributed by atoms with Gasteiger partial charge in [0.25, 0.3) is 5.91 Å². The molecule has 3 aromatic rings. The number of rotatable bonds is 1. The summed E-state index contributed by atoms with van der Waals surface area (Å²) in [6, 6.07) is 6.17. The van der Waals surface area contributed by atoms with Crippen molar-refractivity contribution in [3.05, 3.63) is 53.1 Å². The molecule has 0 unspecified atom stereocenters. The number of halogens is 1. The second-order valence-electron chi connectivity index (χ2n) is 7.82. The average Bonchev–Trinajstić information content (AvgIpc) is 3.49. The maximum atomic E-state index is 14.0. The molecule has 2 aromatic heterocycles. The molecule has 0 spiro atoms. The molecular weight excluding hydrogens is 387 g/mol. The van der Waals surface area contributed by atoms with E-state index in [2.05, 4.69) is 15.3 Å². The number of nitrogens with two attached hydrogens (primary N) is 1. The molecule has 1 fully saturated rings. The summed E-state index contributed by atoms with van der Waals surface area (Å²) >= 11 is 0. The molecule has 9 heteroatoms. The van der Waals surface area contributed by atoms with Gasteiger partial charge < -0.3 is 15.4 Å². The van der Waals surface area contributed by atoms with Gasteiger partial charge >= 0.3 is 0 Å². The van der Waals surface area contributed by atoms with Crippen LogP contribution < -0.4 is 10.5 Å². The van der Waals surface area contributed by atoms with Gasteiger partial charge in [-0.25, -0.2) is 14.1 Å². The third kappa shape index (κ3) is 3.06. The molecule has 0 radical (unpaired) electrons. The van der Waals surface area contributed by atoms with Gasteiger partial charge in [-0.15, -0.1) is 5.10 Å². The number of nitrogen functional groups attached to an aromatic ring is 1. The van der Waals surface area contributed by atoms with Gasteiger partial charge in [-0.2, -0.15) is 0 Å². The molecule has 1 aromatic carbocycles. The quantitative estimate of drug-likeness (QED) is 0.664. The first-order valence-corrected chi connectivity index (χ1v) is 9.84. The highest BCUT2D eigenvalue weighted by Crippen LogP contribution is 2.40. The summed E-state index contributed by atoms with van der Waals surface area (Å²) in [5, 5.41) is 8.69. The van der Waals surface area contributed by atoms with Gasteiger partial charge in [-0.05, 0) is 44.0 Å². The summed E-state index contributed by atoms with van der Waals surface area (Å²) in [6.45, 7) is 2.01. The van der Waals surface area contributed by atoms with Crippen LogP contribution in [-0.2, 0) is 6.54 Å². The lowest BCUT2D eigenvalue weighted by Crippen LogP contribution is -2.28. The third-order valence-corrected chi connectivity index (χ3v) is 5.53. The minimum atomic E-state index is -0.613. The van der Waals surface area contributed by atoms with E-state index in [1.54, 1.807) is 25.1 Å². The number of hydrogen-bond acceptors (Lipinski definition) is 6. The molecule has 1 saturated carbocycles. The Hall–Kier alpha value is -3.49. The number of benzene rings is 1. The first-order chi connectivity index (χ1) is 14.4. The van der Waals surface area contributed by atoms with Crippen LogP contribution in [-0.4, -0.2) is 37.8 Å². The van der Waals surface area contributed by atoms with E-state index in [1.807, 2.05) is 10.7 Å². The van der Waals surface area contributed by atoms with Crippen molar-refractivity contribution in [1.82, 2.24) is 24.9 Å². The molecule has 2 bridgehead atoms. The summed E-state index contributed by atoms with van der Waals surface area (Å²) in [6.07, 6.45) is 3.12. The Bertz CT molecular complexity index is 1160. The number of ether oxygens (including phenoxy) is 1. The number of carbonyl (C=O) groups is 1. The van der Waals surface area contributed by atoms with Crippen molar-refractivity contribution < 1.29 is 13.9 Å². The summed E-state index contributed by atoms with van der Waals surface area (Å²) in [5.74, 6) is -0.105. The Morgan fingerprint density at radius 2 is 2.07 bits per heavy atom. The Kier molecular flexibility index (Phi) is 4.19. The normalized spacial score (nSPS) is 18.7. The Balaban J connectivity index is 1.71. The van der Waals surface area contributed by atoms with Crippen LogP contribution in [0.5, 0.6) is 5.75 Å². The van der Waals surface area contributed by atoms with Crippen molar-refractivity contribution in [2.45, 2.75) is 38.5 Å². The van der Waals surface area contributed by atoms with Crippen LogP contribution in [0.4, 0.5) is 10.2 Å². The maximum absolute atomic E-state index is 14.0. The zero-order chi connectivity index (χ0) is 21.0. The largest absolute Gasteiger partial charge is 0.482 e. The van der Waals surface area contributed by atoms with Gasteiger partial charge in [0.1, 0.15) is 17.6 Å². The van der Waals surface area contributed by atoms with Crippen LogP contribution in [0.15, 0.2) is 30.5 Å². The number of carbonyl (C=O) groups excluding carboxylic acids is 1. The van der Waals surface area contributed by atoms with Crippen molar-refractivity contribution in [2.24, 2.45) is 0 Å². The lowest BCUT2D eigenvalue weighted by molar-refractivity contribution is 0.0778. The number of hydrogen-bond donors (Lipinski definition) is 1. The highest BCUT2D eigenvalue weighted by atomic mass is 19.1. The number of nitrogens with zero attached hydrogens (tertiary/aromatic N) is 5. The fourth-order valence-electron chi connectivity index (χ4n) is 3.81. The van der Waals surface area contributed by atoms with Crippen LogP contribution >= 0.6 is 0 Å². The molecule has 1 aliphatic carbocycles. The minimum absolute atomic E-state index is 0.219. The van der Waals surface area contributed by atoms with E-state index in [9.17, 15) is 9.18 Å². The predicted molar refractivity (Wildman–Crippen MR) is 107 cm³/mol. The highest BCUT2D eigenvalue weighted by molar-refractivity contribution is 5.95. The van der Waals surface area contributed by atoms with E-state index >= 15 is 0 Å². The molecule has 30 heavy (non-hydrogen) atoms. The van der Waals surface area contributed by atoms with Crippen LogP contribution in [0.25, 0.3) is 11.3 Å². The number of fused-ring (bicyclic) bond motifs is 5. The molecule has 5 rings (SSSR count). The highest BCUT2D eigenvalue weighted by Gasteiger charge is 2.31. The number of anilines is 1. The van der Waals surface area contributed by atoms with E-state index in [0.717, 1.165) is 24.1 Å². The predicted octanol–water partition coefficient (Wildman–Crippen LogP) is 3.12. The van der Waals surface area contributed by atoms with Crippen molar-refractivity contribution in [3.8, 4) is 17.0 Å². The number of amides is 1. The maximum Gasteiger partial charge on any atom is 0.254 e. The van der Waals surface area contributed by atoms with E-state index in [0.29, 0.717) is 28.6 Å². The van der Waals surface area contributed by atoms with E-state index in [-0.39, 0.29) is 18.3 Å². The molecule has 0 saturated heterocycles. The topological polar surface area (TPSA) is 99.2 Å². The SMILES string of the molecule is C[C@H]1Oc2cc(cnc2N)-c2c(nnn2C2CC2)CN(C)C(=O)c2ccc(F)cc21. The van der Waals surface area contributed by atoms with E-state index < -0.39 is 11.9 Å². The standard InChI is InChI=1S/C21H21FN6O2/c1-11-16-8-13(22)3-6-15(16)21(29)27(2)10-17-19(28(26-25-17)14-4-5-14)12-7-18(30-11)20(23)24-9-12/h3,6-9,11,14H,4-5,10H2,1-2H3,(H2,23,24)/t11-/m1/s1.